The molecule has 3 rings (SSSR count). The molecule has 3 aromatic rings. The molecule has 9 nitrogen and oxygen atoms in total. The van der Waals surface area contributed by atoms with Crippen LogP contribution in [0.4, 0.5) is 17.2 Å². The van der Waals surface area contributed by atoms with E-state index in [2.05, 4.69) is 32.0 Å². The van der Waals surface area contributed by atoms with E-state index in [0.717, 1.165) is 0 Å². The number of hydrogen-bond donors (Lipinski definition) is 3. The molecule has 0 radical (unpaired) electrons. The maximum absolute atomic E-state index is 12.7. The van der Waals surface area contributed by atoms with E-state index in [1.807, 2.05) is 6.92 Å². The third-order valence-corrected chi connectivity index (χ3v) is 5.07. The lowest BCUT2D eigenvalue weighted by Gasteiger charge is -2.11. The number of nitriles is 1. The number of amides is 3. The lowest BCUT2D eigenvalue weighted by atomic mass is 10.0. The monoisotopic (exact) mass is 476 g/mol. The van der Waals surface area contributed by atoms with Gasteiger partial charge in [0.25, 0.3) is 11.8 Å². The average molecular weight is 477 g/mol. The van der Waals surface area contributed by atoms with Gasteiger partial charge in [-0.1, -0.05) is 18.5 Å². The van der Waals surface area contributed by atoms with Crippen molar-refractivity contribution in [2.45, 2.75) is 26.2 Å². The first kappa shape index (κ1) is 24.4. The summed E-state index contributed by atoms with van der Waals surface area (Å²) in [5.41, 5.74) is 1.95. The number of nitrogens with zero attached hydrogens (tertiary/aromatic N) is 3. The van der Waals surface area contributed by atoms with E-state index in [4.69, 9.17) is 16.9 Å². The molecule has 0 bridgehead atoms. The van der Waals surface area contributed by atoms with Gasteiger partial charge >= 0.3 is 0 Å². The summed E-state index contributed by atoms with van der Waals surface area (Å²) in [6.45, 7) is 3.23. The molecule has 3 amide bonds. The number of halogens is 1. The van der Waals surface area contributed by atoms with Crippen LogP contribution in [-0.2, 0) is 4.79 Å². The minimum Gasteiger partial charge on any atom is -0.322 e. The highest BCUT2D eigenvalue weighted by Gasteiger charge is 2.15. The zero-order valence-electron chi connectivity index (χ0n) is 18.4. The third-order valence-electron chi connectivity index (χ3n) is 4.74. The fourth-order valence-electron chi connectivity index (χ4n) is 3.00. The van der Waals surface area contributed by atoms with Gasteiger partial charge in [-0.05, 0) is 42.5 Å². The number of carbonyl (C=O) groups is 3. The van der Waals surface area contributed by atoms with Gasteiger partial charge < -0.3 is 16.0 Å². The van der Waals surface area contributed by atoms with Crippen molar-refractivity contribution >= 4 is 46.5 Å². The van der Waals surface area contributed by atoms with Crippen LogP contribution in [0, 0.1) is 11.3 Å². The number of benzene rings is 1. The van der Waals surface area contributed by atoms with Gasteiger partial charge in [0.1, 0.15) is 5.82 Å². The van der Waals surface area contributed by atoms with Gasteiger partial charge in [0.2, 0.25) is 5.91 Å². The second-order valence-corrected chi connectivity index (χ2v) is 7.86. The van der Waals surface area contributed by atoms with Crippen molar-refractivity contribution in [1.29, 1.82) is 5.26 Å². The highest BCUT2D eigenvalue weighted by Crippen LogP contribution is 2.23. The number of carbonyl (C=O) groups excluding carboxylic acids is 3. The molecule has 3 N–H and O–H groups in total. The molecule has 1 aromatic carbocycles. The van der Waals surface area contributed by atoms with Crippen LogP contribution >= 0.6 is 11.6 Å². The molecule has 0 saturated carbocycles. The number of aromatic nitrogens is 2. The molecular formula is C24H21ClN6O3. The summed E-state index contributed by atoms with van der Waals surface area (Å²) >= 11 is 6.21. The highest BCUT2D eigenvalue weighted by molar-refractivity contribution is 6.34. The maximum atomic E-state index is 12.7. The van der Waals surface area contributed by atoms with Gasteiger partial charge in [-0.15, -0.1) is 0 Å². The Labute approximate surface area is 201 Å². The summed E-state index contributed by atoms with van der Waals surface area (Å²) in [5.74, 6) is -0.888. The molecular weight excluding hydrogens is 456 g/mol. The van der Waals surface area contributed by atoms with Crippen molar-refractivity contribution in [1.82, 2.24) is 9.97 Å². The Morgan fingerprint density at radius 2 is 1.74 bits per heavy atom. The van der Waals surface area contributed by atoms with E-state index in [9.17, 15) is 14.4 Å². The summed E-state index contributed by atoms with van der Waals surface area (Å²) in [6, 6.07) is 13.0. The molecule has 1 atom stereocenters. The predicted octanol–water partition coefficient (Wildman–Crippen LogP) is 4.61. The molecule has 34 heavy (non-hydrogen) atoms. The second kappa shape index (κ2) is 11.0. The zero-order valence-corrected chi connectivity index (χ0v) is 19.2. The van der Waals surface area contributed by atoms with Gasteiger partial charge in [0.05, 0.1) is 28.5 Å². The van der Waals surface area contributed by atoms with Crippen molar-refractivity contribution in [2.24, 2.45) is 0 Å². The Kier molecular flexibility index (Phi) is 7.90. The Hall–Kier alpha value is -4.29. The molecule has 0 fully saturated rings. The van der Waals surface area contributed by atoms with Crippen molar-refractivity contribution in [2.75, 3.05) is 16.0 Å². The molecule has 0 spiro atoms. The van der Waals surface area contributed by atoms with Crippen molar-refractivity contribution in [3.05, 3.63) is 76.7 Å². The molecule has 2 aromatic heterocycles. The van der Waals surface area contributed by atoms with Crippen molar-refractivity contribution < 1.29 is 14.4 Å². The summed E-state index contributed by atoms with van der Waals surface area (Å²) < 4.78 is 0. The van der Waals surface area contributed by atoms with Gasteiger partial charge in [-0.25, -0.2) is 4.98 Å². The van der Waals surface area contributed by atoms with E-state index in [-0.39, 0.29) is 28.3 Å². The lowest BCUT2D eigenvalue weighted by molar-refractivity contribution is -0.114. The van der Waals surface area contributed by atoms with Crippen LogP contribution < -0.4 is 16.0 Å². The molecule has 10 heteroatoms. The molecule has 1 unspecified atom stereocenters. The largest absolute Gasteiger partial charge is 0.322 e. The molecule has 0 saturated heterocycles. The molecule has 0 aliphatic carbocycles. The van der Waals surface area contributed by atoms with Gasteiger partial charge in [-0.3, -0.25) is 19.4 Å². The second-order valence-electron chi connectivity index (χ2n) is 7.45. The first-order valence-electron chi connectivity index (χ1n) is 10.3. The smallest absolute Gasteiger partial charge is 0.257 e. The van der Waals surface area contributed by atoms with Crippen molar-refractivity contribution in [3.8, 4) is 6.07 Å². The Balaban J connectivity index is 1.73. The predicted molar refractivity (Wildman–Crippen MR) is 129 cm³/mol. The zero-order chi connectivity index (χ0) is 24.7. The number of pyridine rings is 2. The SMILES string of the molecule is CC(=O)Nc1ccc(NC(=O)c2cc(NC(=O)c3ccnc(C(C)CC#N)c3)ccc2Cl)cn1. The first-order valence-corrected chi connectivity index (χ1v) is 10.6. The van der Waals surface area contributed by atoms with Crippen LogP contribution in [0.15, 0.2) is 54.9 Å². The summed E-state index contributed by atoms with van der Waals surface area (Å²) in [4.78, 5) is 44.9. The lowest BCUT2D eigenvalue weighted by Crippen LogP contribution is -2.16. The highest BCUT2D eigenvalue weighted by atomic mass is 35.5. The molecule has 0 aliphatic rings. The minimum absolute atomic E-state index is 0.106. The number of hydrogen-bond acceptors (Lipinski definition) is 6. The fourth-order valence-corrected chi connectivity index (χ4v) is 3.20. The molecule has 172 valence electrons. The van der Waals surface area contributed by atoms with Crippen LogP contribution in [0.2, 0.25) is 5.02 Å². The Morgan fingerprint density at radius 3 is 2.41 bits per heavy atom. The van der Waals surface area contributed by atoms with Gasteiger partial charge in [0, 0.05) is 42.4 Å². The van der Waals surface area contributed by atoms with Crippen LogP contribution in [0.5, 0.6) is 0 Å². The number of rotatable bonds is 7. The Morgan fingerprint density at radius 1 is 1.00 bits per heavy atom. The van der Waals surface area contributed by atoms with Crippen LogP contribution in [0.1, 0.15) is 52.6 Å². The molecule has 0 aliphatic heterocycles. The van der Waals surface area contributed by atoms with E-state index in [1.54, 1.807) is 30.3 Å². The van der Waals surface area contributed by atoms with E-state index in [0.29, 0.717) is 34.9 Å². The van der Waals surface area contributed by atoms with E-state index < -0.39 is 5.91 Å². The van der Waals surface area contributed by atoms with Gasteiger partial charge in [-0.2, -0.15) is 5.26 Å². The van der Waals surface area contributed by atoms with Crippen molar-refractivity contribution in [3.63, 3.8) is 0 Å². The quantitative estimate of drug-likeness (QED) is 0.455. The summed E-state index contributed by atoms with van der Waals surface area (Å²) in [6.07, 6.45) is 3.21. The van der Waals surface area contributed by atoms with Gasteiger partial charge in [0.15, 0.2) is 0 Å². The Bertz CT molecular complexity index is 1270. The number of anilines is 3. The normalized spacial score (nSPS) is 11.1. The maximum Gasteiger partial charge on any atom is 0.257 e. The third kappa shape index (κ3) is 6.37. The topological polar surface area (TPSA) is 137 Å². The molecule has 2 heterocycles. The summed E-state index contributed by atoms with van der Waals surface area (Å²) in [5, 5.41) is 17.0. The van der Waals surface area contributed by atoms with Crippen LogP contribution in [0.3, 0.4) is 0 Å². The van der Waals surface area contributed by atoms with Crippen LogP contribution in [-0.4, -0.2) is 27.7 Å². The van der Waals surface area contributed by atoms with E-state index in [1.165, 1.54) is 31.5 Å². The first-order chi connectivity index (χ1) is 16.3. The fraction of sp³-hybridized carbons (Fsp3) is 0.167. The minimum atomic E-state index is -0.494. The summed E-state index contributed by atoms with van der Waals surface area (Å²) in [7, 11) is 0. The standard InChI is InChI=1S/C24H21ClN6O3/c1-14(7-9-26)21-11-16(8-10-27-21)23(33)30-17-3-5-20(25)19(12-17)24(34)31-18-4-6-22(28-13-18)29-15(2)32/h3-6,8,10-14H,7H2,1-2H3,(H,30,33)(H,31,34)(H,28,29,32). The average Bonchev–Trinajstić information content (AvgIpc) is 2.81. The van der Waals surface area contributed by atoms with Crippen LogP contribution in [0.25, 0.3) is 0 Å². The van der Waals surface area contributed by atoms with E-state index >= 15 is 0 Å². The number of nitrogens with one attached hydrogen (secondary N) is 3.